The highest BCUT2D eigenvalue weighted by Crippen LogP contribution is 2.34. The zero-order chi connectivity index (χ0) is 59.1. The maximum Gasteiger partial charge on any atom is 0.140 e. The van der Waals surface area contributed by atoms with Gasteiger partial charge in [-0.05, 0) is 145 Å². The molecule has 0 saturated carbocycles. The minimum Gasteiger partial charge on any atom is -0.507 e. The summed E-state index contributed by atoms with van der Waals surface area (Å²) in [6.45, 7) is 15.8. The number of phenols is 6. The molecule has 1 heterocycles. The summed E-state index contributed by atoms with van der Waals surface area (Å²) in [6.07, 6.45) is 10.2. The number of aliphatic imine (C=N–C) groups is 4. The lowest BCUT2D eigenvalue weighted by atomic mass is 9.96. The quantitative estimate of drug-likeness (QED) is 0.0832. The minimum absolute atomic E-state index is 0.00531. The van der Waals surface area contributed by atoms with Crippen molar-refractivity contribution in [2.24, 2.45) is 30.3 Å². The first kappa shape index (κ1) is 62.2. The fraction of sp³-hybridized carbons (Fsp3) is 0.354. The van der Waals surface area contributed by atoms with Crippen LogP contribution in [-0.4, -0.2) is 160 Å². The van der Waals surface area contributed by atoms with E-state index in [9.17, 15) is 30.6 Å². The van der Waals surface area contributed by atoms with Crippen molar-refractivity contribution < 1.29 is 59.3 Å². The lowest BCUT2D eigenvalue weighted by Gasteiger charge is -2.13. The van der Waals surface area contributed by atoms with Crippen molar-refractivity contribution in [1.29, 1.82) is 0 Å². The normalized spacial score (nSPS) is 15.5. The number of hydrogen-bond acceptors (Lipinski definition) is 18. The van der Waals surface area contributed by atoms with Crippen LogP contribution in [0, 0.1) is 41.5 Å². The van der Waals surface area contributed by atoms with E-state index in [1.165, 1.54) is 12.4 Å². The number of nitrogens with zero attached hydrogens (tertiary/aromatic N) is 6. The topological polar surface area (TPSA) is 251 Å². The molecule has 1 aliphatic rings. The van der Waals surface area contributed by atoms with Crippen molar-refractivity contribution in [3.8, 4) is 34.5 Å². The molecule has 0 unspecified atom stereocenters. The third kappa shape index (κ3) is 19.1. The second kappa shape index (κ2) is 31.7. The summed E-state index contributed by atoms with van der Waals surface area (Å²) in [5.74, 6) is 0.321. The number of fused-ring (bicyclic) bond motifs is 12. The third-order valence-corrected chi connectivity index (χ3v) is 13.2. The number of rotatable bonds is 0. The highest BCUT2D eigenvalue weighted by molar-refractivity contribution is 5.88. The summed E-state index contributed by atoms with van der Waals surface area (Å²) in [6, 6.07) is 22.3. The Bertz CT molecular complexity index is 3130. The number of benzene rings is 6. The molecule has 0 amide bonds. The van der Waals surface area contributed by atoms with Crippen LogP contribution >= 0.6 is 0 Å². The first-order valence-corrected chi connectivity index (χ1v) is 27.7. The Balaban J connectivity index is 0.999. The zero-order valence-electron chi connectivity index (χ0n) is 48.2. The van der Waals surface area contributed by atoms with Gasteiger partial charge in [0.1, 0.15) is 47.7 Å². The minimum atomic E-state index is 0.00531. The van der Waals surface area contributed by atoms with Gasteiger partial charge in [0.05, 0.1) is 91.5 Å². The predicted octanol–water partition coefficient (Wildman–Crippen LogP) is 9.40. The fourth-order valence-corrected chi connectivity index (χ4v) is 9.45. The van der Waals surface area contributed by atoms with Crippen molar-refractivity contribution in [2.45, 2.75) is 60.8 Å². The van der Waals surface area contributed by atoms with Crippen LogP contribution in [0.4, 0.5) is 0 Å². The average Bonchev–Trinajstić information content (AvgIpc) is 3.58. The Hall–Kier alpha value is -8.42. The van der Waals surface area contributed by atoms with Gasteiger partial charge in [-0.1, -0.05) is 46.7 Å². The SMILES string of the molecule is Cc1cc2c(O)c(c1)Cc1cc(C)cc(c1O)C=NCCOCCON=Cc1cc(C)cc(c1O)Cc1cc(C)cc(c1O)C=NOCCOCCN=Cc1cc(C)cc(c1O)Cc1cc(C)cc(c1O)C=NCCOCCOCCN=C2. The second-order valence-corrected chi connectivity index (χ2v) is 20.4. The largest absolute Gasteiger partial charge is 0.507 e. The zero-order valence-corrected chi connectivity index (χ0v) is 48.2. The molecule has 438 valence electrons. The molecule has 0 radical (unpaired) electrons. The van der Waals surface area contributed by atoms with Gasteiger partial charge in [-0.15, -0.1) is 0 Å². The van der Waals surface area contributed by atoms with Gasteiger partial charge in [0.15, 0.2) is 0 Å². The fourth-order valence-electron chi connectivity index (χ4n) is 9.45. The Kier molecular flexibility index (Phi) is 23.7. The van der Waals surface area contributed by atoms with E-state index in [0.717, 1.165) is 33.4 Å². The van der Waals surface area contributed by atoms with E-state index in [1.807, 2.05) is 102 Å². The summed E-state index contributed by atoms with van der Waals surface area (Å²) in [5.41, 5.74) is 12.3. The maximum atomic E-state index is 11.3. The third-order valence-electron chi connectivity index (χ3n) is 13.2. The number of aryl methyl sites for hydroxylation is 6. The molecule has 6 aromatic rings. The van der Waals surface area contributed by atoms with E-state index >= 15 is 0 Å². The van der Waals surface area contributed by atoms with Gasteiger partial charge in [-0.25, -0.2) is 0 Å². The van der Waals surface area contributed by atoms with Crippen molar-refractivity contribution in [2.75, 3.05) is 92.2 Å². The smallest absolute Gasteiger partial charge is 0.140 e. The number of ether oxygens (including phenoxy) is 4. The van der Waals surface area contributed by atoms with Crippen molar-refractivity contribution >= 4 is 37.3 Å². The molecule has 12 bridgehead atoms. The molecule has 0 saturated heterocycles. The van der Waals surface area contributed by atoms with Crippen LogP contribution in [0.5, 0.6) is 34.5 Å². The second-order valence-electron chi connectivity index (χ2n) is 20.4. The van der Waals surface area contributed by atoms with Crippen molar-refractivity contribution in [1.82, 2.24) is 0 Å². The van der Waals surface area contributed by atoms with Crippen LogP contribution in [0.1, 0.15) is 100 Å². The van der Waals surface area contributed by atoms with Crippen LogP contribution in [-0.2, 0) is 47.9 Å². The van der Waals surface area contributed by atoms with Gasteiger partial charge >= 0.3 is 0 Å². The molecule has 6 N–H and O–H groups in total. The van der Waals surface area contributed by atoms with E-state index in [4.69, 9.17) is 28.6 Å². The van der Waals surface area contributed by atoms with Crippen molar-refractivity contribution in [3.63, 3.8) is 0 Å². The first-order valence-electron chi connectivity index (χ1n) is 27.7. The number of oxime groups is 2. The van der Waals surface area contributed by atoms with E-state index in [0.29, 0.717) is 133 Å². The molecule has 0 aliphatic carbocycles. The summed E-state index contributed by atoms with van der Waals surface area (Å²) in [4.78, 5) is 28.8. The lowest BCUT2D eigenvalue weighted by Crippen LogP contribution is -2.09. The van der Waals surface area contributed by atoms with Gasteiger partial charge in [0.25, 0.3) is 0 Å². The summed E-state index contributed by atoms with van der Waals surface area (Å²) >= 11 is 0. The maximum absolute atomic E-state index is 11.3. The van der Waals surface area contributed by atoms with E-state index in [1.54, 1.807) is 37.0 Å². The van der Waals surface area contributed by atoms with Gasteiger partial charge in [-0.2, -0.15) is 0 Å². The number of hydrogen-bond donors (Lipinski definition) is 6. The standard InChI is InChI=1S/C65H76N6O12/c1-42-21-48-33-50-23-44(3)29-56(62(50)74)38-68-9-13-80-17-19-82-70-40-58-31-46(5)25-52(64(58)76)35-53-26-47(6)32-59(65(53)77)41-71-83-20-18-81-14-10-69-39-57-30-45(4)24-51(63(57)75)34-49-22-43(2)28-55(61(49)73)37-67-8-12-79-16-15-78-11-7-66-36-54(27-42)60(48)72/h21-32,36-41,72-77H,7-20,33-35H2,1-6H3. The lowest BCUT2D eigenvalue weighted by molar-refractivity contribution is 0.0541. The Morgan fingerprint density at radius 1 is 0.265 bits per heavy atom. The van der Waals surface area contributed by atoms with Crippen LogP contribution in [0.25, 0.3) is 0 Å². The molecule has 7 rings (SSSR count). The molecule has 0 spiro atoms. The Morgan fingerprint density at radius 2 is 0.470 bits per heavy atom. The van der Waals surface area contributed by atoms with Gasteiger partial charge < -0.3 is 59.3 Å². The van der Waals surface area contributed by atoms with Crippen LogP contribution < -0.4 is 0 Å². The molecule has 83 heavy (non-hydrogen) atoms. The highest BCUT2D eigenvalue weighted by atomic mass is 16.6. The van der Waals surface area contributed by atoms with Crippen LogP contribution in [0.3, 0.4) is 0 Å². The number of aromatic hydroxyl groups is 6. The predicted molar refractivity (Wildman–Crippen MR) is 326 cm³/mol. The van der Waals surface area contributed by atoms with Crippen molar-refractivity contribution in [3.05, 3.63) is 173 Å². The van der Waals surface area contributed by atoms with E-state index < -0.39 is 0 Å². The van der Waals surface area contributed by atoms with Crippen LogP contribution in [0.2, 0.25) is 0 Å². The molecule has 18 nitrogen and oxygen atoms in total. The summed E-state index contributed by atoms with van der Waals surface area (Å²) in [7, 11) is 0. The molecule has 0 atom stereocenters. The molecular weight excluding hydrogens is 1060 g/mol. The highest BCUT2D eigenvalue weighted by Gasteiger charge is 2.17. The average molecular weight is 1130 g/mol. The van der Waals surface area contributed by atoms with Gasteiger partial charge in [0.2, 0.25) is 0 Å². The molecule has 6 aromatic carbocycles. The molecule has 18 heteroatoms. The first-order chi connectivity index (χ1) is 40.1. The van der Waals surface area contributed by atoms with E-state index in [2.05, 4.69) is 30.3 Å². The summed E-state index contributed by atoms with van der Waals surface area (Å²) < 4.78 is 22.9. The monoisotopic (exact) mass is 1130 g/mol. The van der Waals surface area contributed by atoms with Crippen LogP contribution in [0.15, 0.2) is 103 Å². The van der Waals surface area contributed by atoms with Gasteiger partial charge in [0, 0.05) is 77.5 Å². The molecule has 0 fully saturated rings. The summed E-state index contributed by atoms with van der Waals surface area (Å²) in [5, 5.41) is 75.9. The Morgan fingerprint density at radius 3 is 0.699 bits per heavy atom. The number of phenolic OH excluding ortho intramolecular Hbond substituents is 6. The van der Waals surface area contributed by atoms with E-state index in [-0.39, 0.29) is 80.2 Å². The Labute approximate surface area is 485 Å². The molecular formula is C65H76N6O12. The molecule has 0 aromatic heterocycles. The molecule has 1 aliphatic heterocycles. The van der Waals surface area contributed by atoms with Gasteiger partial charge in [-0.3, -0.25) is 20.0 Å².